The summed E-state index contributed by atoms with van der Waals surface area (Å²) in [5.41, 5.74) is 1.69. The lowest BCUT2D eigenvalue weighted by Gasteiger charge is -2.23. The Kier molecular flexibility index (Phi) is 4.22. The maximum Gasteiger partial charge on any atom is 0.127 e. The Morgan fingerprint density at radius 2 is 2.35 bits per heavy atom. The minimum absolute atomic E-state index is 0.168. The van der Waals surface area contributed by atoms with Gasteiger partial charge < -0.3 is 4.57 Å². The highest BCUT2D eigenvalue weighted by atomic mass is 35.5. The van der Waals surface area contributed by atoms with E-state index in [1.165, 1.54) is 37.1 Å². The van der Waals surface area contributed by atoms with Gasteiger partial charge in [0.05, 0.1) is 16.4 Å². The monoisotopic (exact) mass is 312 g/mol. The zero-order valence-electron chi connectivity index (χ0n) is 11.5. The third kappa shape index (κ3) is 2.82. The van der Waals surface area contributed by atoms with Gasteiger partial charge in [0.15, 0.2) is 0 Å². The van der Waals surface area contributed by atoms with Crippen molar-refractivity contribution >= 4 is 34.4 Å². The first-order valence-electron chi connectivity index (χ1n) is 7.06. The van der Waals surface area contributed by atoms with E-state index in [0.29, 0.717) is 10.8 Å². The molecule has 0 saturated carbocycles. The number of nitrogens with zero attached hydrogens (tertiary/aromatic N) is 2. The summed E-state index contributed by atoms with van der Waals surface area (Å²) >= 11 is 8.28. The zero-order valence-corrected chi connectivity index (χ0v) is 13.1. The van der Waals surface area contributed by atoms with Crippen LogP contribution in [0.5, 0.6) is 0 Å². The number of fused-ring (bicyclic) bond motifs is 1. The summed E-state index contributed by atoms with van der Waals surface area (Å²) in [6.45, 7) is 2.84. The van der Waals surface area contributed by atoms with Gasteiger partial charge in [-0.15, -0.1) is 11.6 Å². The van der Waals surface area contributed by atoms with Crippen LogP contribution in [-0.2, 0) is 6.54 Å². The maximum absolute atomic E-state index is 13.4. The molecule has 3 rings (SSSR count). The molecule has 1 aromatic carbocycles. The molecule has 0 spiro atoms. The van der Waals surface area contributed by atoms with Crippen molar-refractivity contribution in [3.63, 3.8) is 0 Å². The van der Waals surface area contributed by atoms with Crippen LogP contribution in [0.2, 0.25) is 0 Å². The van der Waals surface area contributed by atoms with E-state index in [4.69, 9.17) is 11.6 Å². The molecule has 5 heteroatoms. The third-order valence-corrected chi connectivity index (χ3v) is 5.33. The van der Waals surface area contributed by atoms with Crippen LogP contribution >= 0.6 is 23.4 Å². The second-order valence-corrected chi connectivity index (χ2v) is 7.38. The molecule has 1 aromatic heterocycles. The Morgan fingerprint density at radius 1 is 1.50 bits per heavy atom. The van der Waals surface area contributed by atoms with Gasteiger partial charge in [-0.2, -0.15) is 11.8 Å². The van der Waals surface area contributed by atoms with Crippen LogP contribution in [0.3, 0.4) is 0 Å². The first-order valence-corrected chi connectivity index (χ1v) is 8.55. The zero-order chi connectivity index (χ0) is 14.1. The van der Waals surface area contributed by atoms with Crippen LogP contribution in [0.4, 0.5) is 4.39 Å². The number of hydrogen-bond donors (Lipinski definition) is 0. The predicted octanol–water partition coefficient (Wildman–Crippen LogP) is 4.76. The summed E-state index contributed by atoms with van der Waals surface area (Å²) in [6.07, 6.45) is 3.85. The third-order valence-electron chi connectivity index (χ3n) is 3.76. The molecule has 2 atom stereocenters. The second kappa shape index (κ2) is 5.94. The van der Waals surface area contributed by atoms with Gasteiger partial charge in [-0.3, -0.25) is 0 Å². The molecule has 0 bridgehead atoms. The Morgan fingerprint density at radius 3 is 3.05 bits per heavy atom. The number of thioether (sulfide) groups is 1. The van der Waals surface area contributed by atoms with Crippen molar-refractivity contribution < 1.29 is 4.39 Å². The Labute approximate surface area is 127 Å². The molecule has 1 aliphatic rings. The van der Waals surface area contributed by atoms with E-state index < -0.39 is 0 Å². The molecule has 2 nitrogen and oxygen atoms in total. The molecule has 2 aromatic rings. The van der Waals surface area contributed by atoms with Crippen molar-refractivity contribution in [3.05, 3.63) is 29.8 Å². The van der Waals surface area contributed by atoms with Gasteiger partial charge >= 0.3 is 0 Å². The summed E-state index contributed by atoms with van der Waals surface area (Å²) in [7, 11) is 0. The lowest BCUT2D eigenvalue weighted by Crippen LogP contribution is -2.18. The number of benzene rings is 1. The molecule has 1 aliphatic heterocycles. The van der Waals surface area contributed by atoms with Gasteiger partial charge in [-0.05, 0) is 37.7 Å². The van der Waals surface area contributed by atoms with Gasteiger partial charge in [0, 0.05) is 17.9 Å². The van der Waals surface area contributed by atoms with Crippen molar-refractivity contribution in [1.82, 2.24) is 9.55 Å². The average molecular weight is 313 g/mol. The molecule has 20 heavy (non-hydrogen) atoms. The molecule has 1 fully saturated rings. The molecule has 1 saturated heterocycles. The molecule has 108 valence electrons. The highest BCUT2D eigenvalue weighted by Gasteiger charge is 2.20. The summed E-state index contributed by atoms with van der Waals surface area (Å²) in [5, 5.41) is 0.444. The number of imidazole rings is 1. The highest BCUT2D eigenvalue weighted by molar-refractivity contribution is 7.99. The SMILES string of the molecule is CC(Cl)c1nc2cc(F)ccc2n1CC1CCCCS1. The Balaban J connectivity index is 1.99. The van der Waals surface area contributed by atoms with Crippen LogP contribution in [0.25, 0.3) is 11.0 Å². The fourth-order valence-electron chi connectivity index (χ4n) is 2.77. The fourth-order valence-corrected chi connectivity index (χ4v) is 4.23. The molecule has 2 unspecified atom stereocenters. The number of hydrogen-bond acceptors (Lipinski definition) is 2. The van der Waals surface area contributed by atoms with Crippen molar-refractivity contribution in [1.29, 1.82) is 0 Å². The van der Waals surface area contributed by atoms with Crippen LogP contribution < -0.4 is 0 Å². The lowest BCUT2D eigenvalue weighted by atomic mass is 10.2. The average Bonchev–Trinajstić information content (AvgIpc) is 2.78. The van der Waals surface area contributed by atoms with E-state index >= 15 is 0 Å². The molecule has 0 radical (unpaired) electrons. The van der Waals surface area contributed by atoms with Crippen molar-refractivity contribution in [2.75, 3.05) is 5.75 Å². The van der Waals surface area contributed by atoms with Crippen molar-refractivity contribution in [2.45, 2.75) is 43.4 Å². The van der Waals surface area contributed by atoms with Crippen molar-refractivity contribution in [3.8, 4) is 0 Å². The summed E-state index contributed by atoms with van der Waals surface area (Å²) in [6, 6.07) is 4.80. The summed E-state index contributed by atoms with van der Waals surface area (Å²) in [4.78, 5) is 4.52. The normalized spacial score (nSPS) is 21.2. The fraction of sp³-hybridized carbons (Fsp3) is 0.533. The molecule has 0 aliphatic carbocycles. The number of halogens is 2. The summed E-state index contributed by atoms with van der Waals surface area (Å²) < 4.78 is 15.5. The molecule has 2 heterocycles. The van der Waals surface area contributed by atoms with Crippen LogP contribution in [-0.4, -0.2) is 20.6 Å². The van der Waals surface area contributed by atoms with E-state index in [1.807, 2.05) is 24.8 Å². The van der Waals surface area contributed by atoms with Crippen molar-refractivity contribution in [2.24, 2.45) is 0 Å². The van der Waals surface area contributed by atoms with Crippen LogP contribution in [0, 0.1) is 5.82 Å². The van der Waals surface area contributed by atoms with Crippen LogP contribution in [0.15, 0.2) is 18.2 Å². The van der Waals surface area contributed by atoms with E-state index in [-0.39, 0.29) is 11.2 Å². The minimum atomic E-state index is -0.247. The molecule has 0 N–H and O–H groups in total. The molecular formula is C15H18ClFN2S. The molecular weight excluding hydrogens is 295 g/mol. The Bertz CT molecular complexity index is 605. The van der Waals surface area contributed by atoms with Crippen LogP contribution in [0.1, 0.15) is 37.4 Å². The lowest BCUT2D eigenvalue weighted by molar-refractivity contribution is 0.575. The van der Waals surface area contributed by atoms with E-state index in [2.05, 4.69) is 9.55 Å². The predicted molar refractivity (Wildman–Crippen MR) is 84.1 cm³/mol. The number of aromatic nitrogens is 2. The van der Waals surface area contributed by atoms with Gasteiger partial charge in [0.2, 0.25) is 0 Å². The largest absolute Gasteiger partial charge is 0.326 e. The number of alkyl halides is 1. The molecule has 0 amide bonds. The summed E-state index contributed by atoms with van der Waals surface area (Å²) in [5.74, 6) is 1.83. The standard InChI is InChI=1S/C15H18ClFN2S/c1-10(16)15-18-13-8-11(17)5-6-14(13)19(15)9-12-4-2-3-7-20-12/h5-6,8,10,12H,2-4,7,9H2,1H3. The van der Waals surface area contributed by atoms with Gasteiger partial charge in [-0.1, -0.05) is 6.42 Å². The maximum atomic E-state index is 13.4. The van der Waals surface area contributed by atoms with Gasteiger partial charge in [0.1, 0.15) is 11.6 Å². The van der Waals surface area contributed by atoms with Gasteiger partial charge in [-0.25, -0.2) is 9.37 Å². The smallest absolute Gasteiger partial charge is 0.127 e. The Hall–Kier alpha value is -0.740. The minimum Gasteiger partial charge on any atom is -0.326 e. The van der Waals surface area contributed by atoms with E-state index in [1.54, 1.807) is 0 Å². The van der Waals surface area contributed by atoms with Gasteiger partial charge in [0.25, 0.3) is 0 Å². The first kappa shape index (κ1) is 14.2. The first-order chi connectivity index (χ1) is 9.65. The number of rotatable bonds is 3. The highest BCUT2D eigenvalue weighted by Crippen LogP contribution is 2.30. The van der Waals surface area contributed by atoms with E-state index in [9.17, 15) is 4.39 Å². The quantitative estimate of drug-likeness (QED) is 0.760. The topological polar surface area (TPSA) is 17.8 Å². The van der Waals surface area contributed by atoms with E-state index in [0.717, 1.165) is 17.9 Å². The second-order valence-electron chi connectivity index (χ2n) is 5.32.